The van der Waals surface area contributed by atoms with Crippen molar-refractivity contribution in [2.45, 2.75) is 46.5 Å². The molecule has 1 saturated carbocycles. The van der Waals surface area contributed by atoms with Gasteiger partial charge >= 0.3 is 0 Å². The van der Waals surface area contributed by atoms with Crippen LogP contribution in [-0.4, -0.2) is 18.9 Å². The molecule has 1 aliphatic carbocycles. The normalized spacial score (nSPS) is 24.9. The topological polar surface area (TPSA) is 20.3 Å². The van der Waals surface area contributed by atoms with Gasteiger partial charge in [-0.1, -0.05) is 31.5 Å². The van der Waals surface area contributed by atoms with Gasteiger partial charge in [-0.2, -0.15) is 0 Å². The van der Waals surface area contributed by atoms with Gasteiger partial charge in [-0.05, 0) is 44.2 Å². The average Bonchev–Trinajstić information content (AvgIpc) is 2.66. The Morgan fingerprint density at radius 2 is 2.15 bits per heavy atom. The van der Waals surface area contributed by atoms with Crippen LogP contribution in [0.4, 0.5) is 5.69 Å². The highest BCUT2D eigenvalue weighted by Gasteiger charge is 2.41. The van der Waals surface area contributed by atoms with Crippen LogP contribution in [0.2, 0.25) is 0 Å². The van der Waals surface area contributed by atoms with Crippen molar-refractivity contribution < 1.29 is 4.79 Å². The number of carbonyl (C=O) groups excluding carboxylic acids is 1. The van der Waals surface area contributed by atoms with E-state index >= 15 is 0 Å². The Hall–Kier alpha value is -1.31. The SMILES string of the molecule is Cc1ccc2c(c1)CCCN2CC1CCC(C)(C)C1=O. The quantitative estimate of drug-likeness (QED) is 0.816. The molecule has 0 radical (unpaired) electrons. The van der Waals surface area contributed by atoms with Crippen LogP contribution in [0.25, 0.3) is 0 Å². The summed E-state index contributed by atoms with van der Waals surface area (Å²) >= 11 is 0. The predicted octanol–water partition coefficient (Wildman–Crippen LogP) is 3.75. The number of nitrogens with zero attached hydrogens (tertiary/aromatic N) is 1. The first-order valence-corrected chi connectivity index (χ1v) is 7.86. The largest absolute Gasteiger partial charge is 0.371 e. The van der Waals surface area contributed by atoms with Crippen molar-refractivity contribution in [1.82, 2.24) is 0 Å². The van der Waals surface area contributed by atoms with Crippen LogP contribution in [0.3, 0.4) is 0 Å². The van der Waals surface area contributed by atoms with Crippen molar-refractivity contribution >= 4 is 11.5 Å². The smallest absolute Gasteiger partial charge is 0.143 e. The lowest BCUT2D eigenvalue weighted by atomic mass is 9.88. The summed E-state index contributed by atoms with van der Waals surface area (Å²) in [7, 11) is 0. The van der Waals surface area contributed by atoms with E-state index in [-0.39, 0.29) is 11.3 Å². The van der Waals surface area contributed by atoms with E-state index in [2.05, 4.69) is 43.9 Å². The zero-order chi connectivity index (χ0) is 14.3. The minimum Gasteiger partial charge on any atom is -0.371 e. The van der Waals surface area contributed by atoms with E-state index < -0.39 is 0 Å². The van der Waals surface area contributed by atoms with Crippen molar-refractivity contribution in [1.29, 1.82) is 0 Å². The molecule has 1 heterocycles. The molecule has 1 aromatic rings. The number of rotatable bonds is 2. The second-order valence-corrected chi connectivity index (χ2v) is 7.17. The third-order valence-electron chi connectivity index (χ3n) is 5.05. The fourth-order valence-electron chi connectivity index (χ4n) is 3.78. The van der Waals surface area contributed by atoms with E-state index in [0.717, 1.165) is 25.9 Å². The summed E-state index contributed by atoms with van der Waals surface area (Å²) in [6.07, 6.45) is 4.49. The van der Waals surface area contributed by atoms with Crippen molar-refractivity contribution in [2.24, 2.45) is 11.3 Å². The van der Waals surface area contributed by atoms with E-state index in [1.165, 1.54) is 29.7 Å². The molecule has 0 amide bonds. The van der Waals surface area contributed by atoms with Gasteiger partial charge in [0.2, 0.25) is 0 Å². The van der Waals surface area contributed by atoms with Gasteiger partial charge in [0.1, 0.15) is 5.78 Å². The zero-order valence-electron chi connectivity index (χ0n) is 12.9. The fraction of sp³-hybridized carbons (Fsp3) is 0.611. The second kappa shape index (κ2) is 4.91. The van der Waals surface area contributed by atoms with Gasteiger partial charge in [-0.25, -0.2) is 0 Å². The van der Waals surface area contributed by atoms with E-state index in [4.69, 9.17) is 0 Å². The summed E-state index contributed by atoms with van der Waals surface area (Å²) in [4.78, 5) is 14.9. The Balaban J connectivity index is 1.79. The van der Waals surface area contributed by atoms with Crippen molar-refractivity contribution in [3.05, 3.63) is 29.3 Å². The van der Waals surface area contributed by atoms with Gasteiger partial charge in [0.15, 0.2) is 0 Å². The van der Waals surface area contributed by atoms with Gasteiger partial charge in [-0.3, -0.25) is 4.79 Å². The molecule has 1 atom stereocenters. The van der Waals surface area contributed by atoms with Gasteiger partial charge in [0.25, 0.3) is 0 Å². The minimum absolute atomic E-state index is 0.101. The highest BCUT2D eigenvalue weighted by atomic mass is 16.1. The number of Topliss-reactive ketones (excluding diaryl/α,β-unsaturated/α-hetero) is 1. The Morgan fingerprint density at radius 1 is 1.35 bits per heavy atom. The zero-order valence-corrected chi connectivity index (χ0v) is 12.9. The Morgan fingerprint density at radius 3 is 2.85 bits per heavy atom. The minimum atomic E-state index is -0.101. The maximum absolute atomic E-state index is 12.4. The first-order chi connectivity index (χ1) is 9.47. The molecule has 0 aromatic heterocycles. The number of ketones is 1. The molecule has 2 nitrogen and oxygen atoms in total. The van der Waals surface area contributed by atoms with Crippen LogP contribution < -0.4 is 4.90 Å². The first-order valence-electron chi connectivity index (χ1n) is 7.86. The summed E-state index contributed by atoms with van der Waals surface area (Å²) in [5.41, 5.74) is 4.06. The van der Waals surface area contributed by atoms with Crippen molar-refractivity contribution in [3.8, 4) is 0 Å². The molecule has 1 fully saturated rings. The lowest BCUT2D eigenvalue weighted by molar-refractivity contribution is -0.127. The molecular weight excluding hydrogens is 246 g/mol. The molecule has 0 N–H and O–H groups in total. The van der Waals surface area contributed by atoms with E-state index in [1.807, 2.05) is 0 Å². The molecular formula is C18H25NO. The average molecular weight is 271 g/mol. The van der Waals surface area contributed by atoms with Crippen LogP contribution in [0.15, 0.2) is 18.2 Å². The maximum atomic E-state index is 12.4. The molecule has 1 aromatic carbocycles. The summed E-state index contributed by atoms with van der Waals surface area (Å²) in [6.45, 7) is 8.37. The van der Waals surface area contributed by atoms with Gasteiger partial charge in [0.05, 0.1) is 0 Å². The molecule has 3 rings (SSSR count). The van der Waals surface area contributed by atoms with Crippen LogP contribution in [0.5, 0.6) is 0 Å². The number of hydrogen-bond donors (Lipinski definition) is 0. The van der Waals surface area contributed by atoms with Crippen LogP contribution in [0.1, 0.15) is 44.2 Å². The number of benzene rings is 1. The number of hydrogen-bond acceptors (Lipinski definition) is 2. The molecule has 0 spiro atoms. The highest BCUT2D eigenvalue weighted by Crippen LogP contribution is 2.39. The van der Waals surface area contributed by atoms with Crippen molar-refractivity contribution in [2.75, 3.05) is 18.0 Å². The standard InChI is InChI=1S/C18H25NO/c1-13-6-7-16-14(11-13)5-4-10-19(16)12-15-8-9-18(2,3)17(15)20/h6-7,11,15H,4-5,8-10,12H2,1-3H3. The summed E-state index contributed by atoms with van der Waals surface area (Å²) < 4.78 is 0. The third kappa shape index (κ3) is 2.36. The highest BCUT2D eigenvalue weighted by molar-refractivity contribution is 5.88. The number of carbonyl (C=O) groups is 1. The van der Waals surface area contributed by atoms with Gasteiger partial charge in [0, 0.05) is 30.1 Å². The monoisotopic (exact) mass is 271 g/mol. The molecule has 1 aliphatic heterocycles. The summed E-state index contributed by atoms with van der Waals surface area (Å²) in [5.74, 6) is 0.703. The number of fused-ring (bicyclic) bond motifs is 1. The van der Waals surface area contributed by atoms with Gasteiger partial charge in [-0.15, -0.1) is 0 Å². The van der Waals surface area contributed by atoms with Crippen LogP contribution in [0, 0.1) is 18.3 Å². The molecule has 0 saturated heterocycles. The Labute approximate surface area is 122 Å². The number of aryl methyl sites for hydroxylation is 2. The third-order valence-corrected chi connectivity index (χ3v) is 5.05. The Bertz CT molecular complexity index is 532. The summed E-state index contributed by atoms with van der Waals surface area (Å²) in [6, 6.07) is 6.74. The summed E-state index contributed by atoms with van der Waals surface area (Å²) in [5, 5.41) is 0. The molecule has 0 bridgehead atoms. The van der Waals surface area contributed by atoms with E-state index in [9.17, 15) is 4.79 Å². The van der Waals surface area contributed by atoms with Crippen LogP contribution >= 0.6 is 0 Å². The molecule has 2 aliphatic rings. The van der Waals surface area contributed by atoms with E-state index in [1.54, 1.807) is 0 Å². The van der Waals surface area contributed by atoms with Crippen LogP contribution in [-0.2, 0) is 11.2 Å². The fourth-order valence-corrected chi connectivity index (χ4v) is 3.78. The molecule has 108 valence electrons. The lowest BCUT2D eigenvalue weighted by Gasteiger charge is -2.33. The molecule has 2 heteroatoms. The lowest BCUT2D eigenvalue weighted by Crippen LogP contribution is -2.36. The second-order valence-electron chi connectivity index (χ2n) is 7.17. The number of anilines is 1. The maximum Gasteiger partial charge on any atom is 0.143 e. The first kappa shape index (κ1) is 13.7. The molecule has 1 unspecified atom stereocenters. The van der Waals surface area contributed by atoms with Crippen molar-refractivity contribution in [3.63, 3.8) is 0 Å². The predicted molar refractivity (Wildman–Crippen MR) is 83.2 cm³/mol. The van der Waals surface area contributed by atoms with Gasteiger partial charge < -0.3 is 4.90 Å². The van der Waals surface area contributed by atoms with E-state index in [0.29, 0.717) is 5.78 Å². The Kier molecular flexibility index (Phi) is 3.35. The molecule has 20 heavy (non-hydrogen) atoms.